The predicted molar refractivity (Wildman–Crippen MR) is 141 cm³/mol. The molecule has 0 bridgehead atoms. The smallest absolute Gasteiger partial charge is 0.429 e. The Bertz CT molecular complexity index is 1470. The molecule has 2 aromatic carbocycles. The van der Waals surface area contributed by atoms with Crippen LogP contribution in [0.2, 0.25) is 5.02 Å². The Morgan fingerprint density at radius 2 is 1.85 bits per heavy atom. The van der Waals surface area contributed by atoms with Gasteiger partial charge in [-0.1, -0.05) is 23.7 Å². The lowest BCUT2D eigenvalue weighted by molar-refractivity contribution is -0.198. The van der Waals surface area contributed by atoms with E-state index in [4.69, 9.17) is 22.1 Å². The van der Waals surface area contributed by atoms with E-state index in [2.05, 4.69) is 15.3 Å². The molecule has 3 heterocycles. The van der Waals surface area contributed by atoms with Crippen molar-refractivity contribution in [1.29, 1.82) is 0 Å². The highest BCUT2D eigenvalue weighted by Crippen LogP contribution is 2.43. The summed E-state index contributed by atoms with van der Waals surface area (Å²) in [5.41, 5.74) is 5.13. The molecular formula is C27H25ClF5N5O3. The standard InChI is InChI=1S/C27H25ClF5N5O3/c28-15-2-3-16(17(10-15)14-1-4-18(29)19(30)9-14)23(27(31,32)33)41-22-11-21(36-25(34)37-22)38-7-5-26(6-8-38)12-20(24(39)40)35-13-26/h1-4,9-11,20,23,35H,5-8,12-13H2,(H,39,40)(H2,34,36,37)/t20-,23?/m0/s1. The van der Waals surface area contributed by atoms with Gasteiger partial charge in [0, 0.05) is 36.3 Å². The number of nitrogens with two attached hydrogens (primary N) is 1. The zero-order valence-electron chi connectivity index (χ0n) is 21.4. The third kappa shape index (κ3) is 6.15. The Kier molecular flexibility index (Phi) is 7.68. The Balaban J connectivity index is 1.42. The predicted octanol–water partition coefficient (Wildman–Crippen LogP) is 5.37. The minimum absolute atomic E-state index is 0.0315. The number of halogens is 6. The SMILES string of the molecule is Nc1nc(OC(c2ccc(Cl)cc2-c2ccc(F)c(F)c2)C(F)(F)F)cc(N2CCC3(CC2)CN[C@H](C(=O)O)C3)n1. The molecule has 218 valence electrons. The number of nitrogens with one attached hydrogen (secondary N) is 1. The van der Waals surface area contributed by atoms with E-state index in [1.165, 1.54) is 18.2 Å². The van der Waals surface area contributed by atoms with Gasteiger partial charge in [-0.25, -0.2) is 8.78 Å². The van der Waals surface area contributed by atoms with Gasteiger partial charge in [0.15, 0.2) is 11.6 Å². The molecule has 8 nitrogen and oxygen atoms in total. The van der Waals surface area contributed by atoms with Crippen molar-refractivity contribution >= 4 is 29.3 Å². The molecule has 1 spiro atoms. The maximum atomic E-state index is 14.4. The molecule has 2 aliphatic rings. The topological polar surface area (TPSA) is 114 Å². The summed E-state index contributed by atoms with van der Waals surface area (Å²) in [4.78, 5) is 21.2. The lowest BCUT2D eigenvalue weighted by Gasteiger charge is -2.39. The van der Waals surface area contributed by atoms with E-state index < -0.39 is 47.4 Å². The van der Waals surface area contributed by atoms with Crippen LogP contribution in [0.25, 0.3) is 11.1 Å². The van der Waals surface area contributed by atoms with Crippen molar-refractivity contribution in [3.63, 3.8) is 0 Å². The number of hydrogen-bond donors (Lipinski definition) is 3. The van der Waals surface area contributed by atoms with Crippen molar-refractivity contribution in [2.45, 2.75) is 37.6 Å². The van der Waals surface area contributed by atoms with Crippen LogP contribution in [-0.2, 0) is 4.79 Å². The Labute approximate surface area is 236 Å². The highest BCUT2D eigenvalue weighted by atomic mass is 35.5. The minimum atomic E-state index is -4.95. The quantitative estimate of drug-likeness (QED) is 0.325. The molecule has 2 atom stereocenters. The largest absolute Gasteiger partial charge is 0.480 e. The number of carbonyl (C=O) groups is 1. The average Bonchev–Trinajstić information content (AvgIpc) is 3.32. The molecule has 14 heteroatoms. The van der Waals surface area contributed by atoms with E-state index in [-0.39, 0.29) is 33.3 Å². The molecule has 0 radical (unpaired) electrons. The van der Waals surface area contributed by atoms with Crippen molar-refractivity contribution in [2.75, 3.05) is 30.3 Å². The Hall–Kier alpha value is -3.71. The number of rotatable bonds is 6. The number of aliphatic carboxylic acids is 1. The second-order valence-corrected chi connectivity index (χ2v) is 10.7. The molecule has 0 saturated carbocycles. The van der Waals surface area contributed by atoms with Gasteiger partial charge in [0.05, 0.1) is 0 Å². The Morgan fingerprint density at radius 1 is 1.12 bits per heavy atom. The van der Waals surface area contributed by atoms with Crippen LogP contribution in [-0.4, -0.2) is 52.9 Å². The molecule has 3 aromatic rings. The lowest BCUT2D eigenvalue weighted by Crippen LogP contribution is -2.41. The summed E-state index contributed by atoms with van der Waals surface area (Å²) in [5.74, 6) is -3.76. The molecule has 2 fully saturated rings. The van der Waals surface area contributed by atoms with E-state index >= 15 is 0 Å². The maximum absolute atomic E-state index is 14.4. The van der Waals surface area contributed by atoms with Gasteiger partial charge in [-0.3, -0.25) is 4.79 Å². The number of hydrogen-bond acceptors (Lipinski definition) is 7. The summed E-state index contributed by atoms with van der Waals surface area (Å²) in [5, 5.41) is 12.4. The summed E-state index contributed by atoms with van der Waals surface area (Å²) in [6.45, 7) is 1.51. The highest BCUT2D eigenvalue weighted by Gasteiger charge is 2.46. The number of nitrogens with zero attached hydrogens (tertiary/aromatic N) is 3. The number of carboxylic acid groups (broad SMARTS) is 1. The van der Waals surface area contributed by atoms with Crippen molar-refractivity contribution < 1.29 is 36.6 Å². The zero-order chi connectivity index (χ0) is 29.5. The van der Waals surface area contributed by atoms with Crippen LogP contribution in [0.1, 0.15) is 30.9 Å². The van der Waals surface area contributed by atoms with Crippen molar-refractivity contribution in [2.24, 2.45) is 5.41 Å². The first-order valence-corrected chi connectivity index (χ1v) is 13.1. The van der Waals surface area contributed by atoms with Crippen molar-refractivity contribution in [1.82, 2.24) is 15.3 Å². The Morgan fingerprint density at radius 3 is 2.49 bits per heavy atom. The lowest BCUT2D eigenvalue weighted by atomic mass is 9.76. The number of carboxylic acids is 1. The average molecular weight is 598 g/mol. The van der Waals surface area contributed by atoms with Gasteiger partial charge in [-0.05, 0) is 60.1 Å². The summed E-state index contributed by atoms with van der Waals surface area (Å²) < 4.78 is 76.2. The number of benzene rings is 2. The van der Waals surface area contributed by atoms with Gasteiger partial charge in [0.25, 0.3) is 0 Å². The van der Waals surface area contributed by atoms with Crippen molar-refractivity contribution in [3.8, 4) is 17.0 Å². The molecule has 1 unspecified atom stereocenters. The monoisotopic (exact) mass is 597 g/mol. The van der Waals surface area contributed by atoms with Gasteiger partial charge < -0.3 is 25.8 Å². The van der Waals surface area contributed by atoms with E-state index in [1.54, 1.807) is 0 Å². The third-order valence-corrected chi connectivity index (χ3v) is 7.81. The number of nitrogen functional groups attached to an aromatic ring is 1. The van der Waals surface area contributed by atoms with Gasteiger partial charge in [-0.2, -0.15) is 23.1 Å². The molecule has 1 aromatic heterocycles. The normalized spacial score (nSPS) is 19.4. The summed E-state index contributed by atoms with van der Waals surface area (Å²) in [7, 11) is 0. The van der Waals surface area contributed by atoms with Crippen LogP contribution in [0, 0.1) is 17.0 Å². The van der Waals surface area contributed by atoms with E-state index in [1.807, 2.05) is 4.90 Å². The fraction of sp³-hybridized carbons (Fsp3) is 0.370. The summed E-state index contributed by atoms with van der Waals surface area (Å²) >= 11 is 6.05. The second-order valence-electron chi connectivity index (χ2n) is 10.3. The van der Waals surface area contributed by atoms with Crippen LogP contribution >= 0.6 is 11.6 Å². The fourth-order valence-electron chi connectivity index (χ4n) is 5.43. The number of aromatic nitrogens is 2. The first-order chi connectivity index (χ1) is 19.3. The number of anilines is 2. The zero-order valence-corrected chi connectivity index (χ0v) is 22.1. The first-order valence-electron chi connectivity index (χ1n) is 12.7. The van der Waals surface area contributed by atoms with Crippen LogP contribution in [0.15, 0.2) is 42.5 Å². The molecule has 5 rings (SSSR count). The van der Waals surface area contributed by atoms with E-state index in [9.17, 15) is 31.9 Å². The molecule has 0 amide bonds. The summed E-state index contributed by atoms with van der Waals surface area (Å²) in [6, 6.07) is 6.92. The number of ether oxygens (including phenoxy) is 1. The number of alkyl halides is 3. The molecule has 4 N–H and O–H groups in total. The first kappa shape index (κ1) is 28.8. The van der Waals surface area contributed by atoms with E-state index in [0.29, 0.717) is 38.9 Å². The molecule has 41 heavy (non-hydrogen) atoms. The maximum Gasteiger partial charge on any atom is 0.429 e. The second kappa shape index (κ2) is 10.9. The summed E-state index contributed by atoms with van der Waals surface area (Å²) in [6.07, 6.45) is -5.72. The van der Waals surface area contributed by atoms with Gasteiger partial charge in [0.2, 0.25) is 17.9 Å². The minimum Gasteiger partial charge on any atom is -0.480 e. The van der Waals surface area contributed by atoms with Crippen LogP contribution in [0.3, 0.4) is 0 Å². The van der Waals surface area contributed by atoms with Crippen molar-refractivity contribution in [3.05, 3.63) is 64.7 Å². The van der Waals surface area contributed by atoms with Gasteiger partial charge in [0.1, 0.15) is 11.9 Å². The van der Waals surface area contributed by atoms with Crippen LogP contribution in [0.5, 0.6) is 5.88 Å². The van der Waals surface area contributed by atoms with Crippen LogP contribution in [0.4, 0.5) is 33.7 Å². The molecular weight excluding hydrogens is 573 g/mol. The van der Waals surface area contributed by atoms with Gasteiger partial charge in [-0.15, -0.1) is 0 Å². The highest BCUT2D eigenvalue weighted by molar-refractivity contribution is 6.30. The fourth-order valence-corrected chi connectivity index (χ4v) is 5.61. The third-order valence-electron chi connectivity index (χ3n) is 7.58. The molecule has 0 aliphatic carbocycles. The molecule has 2 saturated heterocycles. The van der Waals surface area contributed by atoms with Crippen LogP contribution < -0.4 is 20.7 Å². The number of piperidine rings is 1. The van der Waals surface area contributed by atoms with E-state index in [0.717, 1.165) is 24.3 Å². The van der Waals surface area contributed by atoms with Gasteiger partial charge >= 0.3 is 12.1 Å². The molecule has 2 aliphatic heterocycles.